The molecule has 0 aromatic heterocycles. The summed E-state index contributed by atoms with van der Waals surface area (Å²) >= 11 is 0. The maximum absolute atomic E-state index is 12.3. The average Bonchev–Trinajstić information content (AvgIpc) is 2.46. The van der Waals surface area contributed by atoms with E-state index in [0.717, 1.165) is 0 Å². The summed E-state index contributed by atoms with van der Waals surface area (Å²) in [5.41, 5.74) is -0.152. The second-order valence-electron chi connectivity index (χ2n) is 4.79. The van der Waals surface area contributed by atoms with Gasteiger partial charge >= 0.3 is 6.09 Å². The van der Waals surface area contributed by atoms with Crippen molar-refractivity contribution in [1.29, 1.82) is 0 Å². The number of carbonyl (C=O) groups is 2. The Morgan fingerprint density at radius 2 is 1.90 bits per heavy atom. The van der Waals surface area contributed by atoms with Gasteiger partial charge in [0.05, 0.1) is 4.92 Å². The molecule has 1 aromatic rings. The number of amides is 2. The van der Waals surface area contributed by atoms with Crippen molar-refractivity contribution in [3.63, 3.8) is 0 Å². The van der Waals surface area contributed by atoms with E-state index in [0.29, 0.717) is 25.9 Å². The highest BCUT2D eigenvalue weighted by molar-refractivity contribution is 5.98. The summed E-state index contributed by atoms with van der Waals surface area (Å²) in [6.07, 6.45) is -0.0874. The number of benzene rings is 1. The minimum atomic E-state index is -1.08. The van der Waals surface area contributed by atoms with E-state index in [2.05, 4.69) is 5.32 Å². The van der Waals surface area contributed by atoms with Gasteiger partial charge in [-0.2, -0.15) is 0 Å². The molecule has 1 aliphatic heterocycles. The molecule has 1 aromatic carbocycles. The highest BCUT2D eigenvalue weighted by Crippen LogP contribution is 2.21. The molecule has 0 bridgehead atoms. The zero-order valence-electron chi connectivity index (χ0n) is 11.2. The van der Waals surface area contributed by atoms with Gasteiger partial charge in [-0.3, -0.25) is 14.9 Å². The van der Waals surface area contributed by atoms with Crippen molar-refractivity contribution >= 4 is 17.7 Å². The molecular formula is C13H15N3O5. The number of nitro groups is 1. The van der Waals surface area contributed by atoms with Gasteiger partial charge < -0.3 is 15.3 Å². The second kappa shape index (κ2) is 6.21. The lowest BCUT2D eigenvalue weighted by atomic mass is 10.0. The van der Waals surface area contributed by atoms with Crippen molar-refractivity contribution in [2.24, 2.45) is 0 Å². The van der Waals surface area contributed by atoms with Crippen LogP contribution in [-0.4, -0.2) is 46.1 Å². The Hall–Kier alpha value is -2.64. The molecule has 1 saturated heterocycles. The van der Waals surface area contributed by atoms with Crippen molar-refractivity contribution in [3.05, 3.63) is 39.9 Å². The smallest absolute Gasteiger partial charge is 0.404 e. The van der Waals surface area contributed by atoms with E-state index in [9.17, 15) is 19.7 Å². The SMILES string of the molecule is O=C(O)NC1CCN(C(=O)c2ccccc2[N+](=O)[O-])CC1. The molecule has 2 amide bonds. The number of carbonyl (C=O) groups excluding carboxylic acids is 1. The van der Waals surface area contributed by atoms with E-state index in [1.807, 2.05) is 0 Å². The highest BCUT2D eigenvalue weighted by Gasteiger charge is 2.28. The standard InChI is InChI=1S/C13H15N3O5/c17-12(10-3-1-2-4-11(10)16(20)21)15-7-5-9(6-8-15)14-13(18)19/h1-4,9,14H,5-8H2,(H,18,19). The van der Waals surface area contributed by atoms with Crippen LogP contribution in [0.15, 0.2) is 24.3 Å². The van der Waals surface area contributed by atoms with Crippen LogP contribution in [0, 0.1) is 10.1 Å². The largest absolute Gasteiger partial charge is 0.465 e. The number of para-hydroxylation sites is 1. The zero-order chi connectivity index (χ0) is 15.4. The third-order valence-corrected chi connectivity index (χ3v) is 3.44. The van der Waals surface area contributed by atoms with Gasteiger partial charge in [0, 0.05) is 25.2 Å². The first-order chi connectivity index (χ1) is 9.99. The normalized spacial score (nSPS) is 15.5. The first-order valence-electron chi connectivity index (χ1n) is 6.51. The number of nitro benzene ring substituents is 1. The number of hydrogen-bond donors (Lipinski definition) is 2. The Balaban J connectivity index is 2.06. The third-order valence-electron chi connectivity index (χ3n) is 3.44. The second-order valence-corrected chi connectivity index (χ2v) is 4.79. The molecule has 0 atom stereocenters. The summed E-state index contributed by atoms with van der Waals surface area (Å²) < 4.78 is 0. The molecule has 8 heteroatoms. The number of hydrogen-bond acceptors (Lipinski definition) is 4. The molecular weight excluding hydrogens is 278 g/mol. The predicted molar refractivity (Wildman–Crippen MR) is 73.2 cm³/mol. The van der Waals surface area contributed by atoms with Gasteiger partial charge in [-0.25, -0.2) is 4.79 Å². The summed E-state index contributed by atoms with van der Waals surface area (Å²) in [5, 5.41) is 22.0. The van der Waals surface area contributed by atoms with Crippen molar-refractivity contribution in [1.82, 2.24) is 10.2 Å². The number of rotatable bonds is 3. The lowest BCUT2D eigenvalue weighted by Crippen LogP contribution is -2.46. The Morgan fingerprint density at radius 3 is 2.48 bits per heavy atom. The molecule has 21 heavy (non-hydrogen) atoms. The molecule has 2 N–H and O–H groups in total. The predicted octanol–water partition coefficient (Wildman–Crippen LogP) is 1.47. The molecule has 0 spiro atoms. The number of likely N-dealkylation sites (tertiary alicyclic amines) is 1. The molecule has 112 valence electrons. The van der Waals surface area contributed by atoms with Gasteiger partial charge in [0.15, 0.2) is 0 Å². The van der Waals surface area contributed by atoms with Crippen LogP contribution in [0.25, 0.3) is 0 Å². The van der Waals surface area contributed by atoms with Crippen molar-refractivity contribution < 1.29 is 19.6 Å². The molecule has 0 saturated carbocycles. The van der Waals surface area contributed by atoms with Crippen molar-refractivity contribution in [2.75, 3.05) is 13.1 Å². The summed E-state index contributed by atoms with van der Waals surface area (Å²) in [6, 6.07) is 5.64. The maximum atomic E-state index is 12.3. The Kier molecular flexibility index (Phi) is 4.36. The first kappa shape index (κ1) is 14.8. The highest BCUT2D eigenvalue weighted by atomic mass is 16.6. The molecule has 1 fully saturated rings. The fourth-order valence-electron chi connectivity index (χ4n) is 2.39. The summed E-state index contributed by atoms with van der Waals surface area (Å²) in [4.78, 5) is 34.8. The number of carboxylic acid groups (broad SMARTS) is 1. The van der Waals surface area contributed by atoms with E-state index in [4.69, 9.17) is 5.11 Å². The van der Waals surface area contributed by atoms with Gasteiger partial charge in [0.2, 0.25) is 0 Å². The Bertz CT molecular complexity index is 567. The van der Waals surface area contributed by atoms with E-state index >= 15 is 0 Å². The van der Waals surface area contributed by atoms with Crippen LogP contribution >= 0.6 is 0 Å². The lowest BCUT2D eigenvalue weighted by Gasteiger charge is -2.31. The summed E-state index contributed by atoms with van der Waals surface area (Å²) in [6.45, 7) is 0.742. The molecule has 0 radical (unpaired) electrons. The fourth-order valence-corrected chi connectivity index (χ4v) is 2.39. The van der Waals surface area contributed by atoms with Crippen LogP contribution in [0.3, 0.4) is 0 Å². The zero-order valence-corrected chi connectivity index (χ0v) is 11.2. The van der Waals surface area contributed by atoms with Gasteiger partial charge in [-0.15, -0.1) is 0 Å². The monoisotopic (exact) mass is 293 g/mol. The van der Waals surface area contributed by atoms with Crippen LogP contribution < -0.4 is 5.32 Å². The van der Waals surface area contributed by atoms with Gasteiger partial charge in [0.1, 0.15) is 5.56 Å². The minimum Gasteiger partial charge on any atom is -0.465 e. The van der Waals surface area contributed by atoms with Crippen LogP contribution in [0.4, 0.5) is 10.5 Å². The minimum absolute atomic E-state index is 0.0622. The van der Waals surface area contributed by atoms with E-state index in [-0.39, 0.29) is 17.3 Å². The molecule has 1 heterocycles. The summed E-state index contributed by atoms with van der Waals surface area (Å²) in [7, 11) is 0. The van der Waals surface area contributed by atoms with Gasteiger partial charge in [0.25, 0.3) is 11.6 Å². The van der Waals surface area contributed by atoms with Crippen molar-refractivity contribution in [3.8, 4) is 0 Å². The first-order valence-corrected chi connectivity index (χ1v) is 6.51. The van der Waals surface area contributed by atoms with Gasteiger partial charge in [-0.1, -0.05) is 12.1 Å². The Labute approximate surface area is 120 Å². The van der Waals surface area contributed by atoms with Crippen LogP contribution in [0.5, 0.6) is 0 Å². The van der Waals surface area contributed by atoms with Gasteiger partial charge in [-0.05, 0) is 18.9 Å². The van der Waals surface area contributed by atoms with Crippen LogP contribution in [-0.2, 0) is 0 Å². The molecule has 1 aliphatic rings. The van der Waals surface area contributed by atoms with Crippen molar-refractivity contribution in [2.45, 2.75) is 18.9 Å². The quantitative estimate of drug-likeness (QED) is 0.647. The average molecular weight is 293 g/mol. The molecule has 8 nitrogen and oxygen atoms in total. The van der Waals surface area contributed by atoms with Crippen LogP contribution in [0.2, 0.25) is 0 Å². The number of nitrogens with one attached hydrogen (secondary N) is 1. The topological polar surface area (TPSA) is 113 Å². The number of nitrogens with zero attached hydrogens (tertiary/aromatic N) is 2. The Morgan fingerprint density at radius 1 is 1.29 bits per heavy atom. The molecule has 0 aliphatic carbocycles. The lowest BCUT2D eigenvalue weighted by molar-refractivity contribution is -0.385. The number of piperidine rings is 1. The van der Waals surface area contributed by atoms with E-state index in [1.54, 1.807) is 6.07 Å². The van der Waals surface area contributed by atoms with E-state index < -0.39 is 16.9 Å². The maximum Gasteiger partial charge on any atom is 0.404 e. The molecule has 2 rings (SSSR count). The van der Waals surface area contributed by atoms with Crippen LogP contribution in [0.1, 0.15) is 23.2 Å². The fraction of sp³-hybridized carbons (Fsp3) is 0.385. The van der Waals surface area contributed by atoms with E-state index in [1.165, 1.54) is 23.1 Å². The molecule has 0 unspecified atom stereocenters. The summed E-state index contributed by atoms with van der Waals surface area (Å²) in [5.74, 6) is -0.393. The third kappa shape index (κ3) is 3.47.